The lowest BCUT2D eigenvalue weighted by Crippen LogP contribution is -2.44. The van der Waals surface area contributed by atoms with Crippen molar-refractivity contribution < 1.29 is 0 Å². The van der Waals surface area contributed by atoms with E-state index in [1.54, 1.807) is 0 Å². The number of rotatable bonds is 5. The molecule has 5 nitrogen and oxygen atoms in total. The smallest absolute Gasteiger partial charge is 0.191 e. The van der Waals surface area contributed by atoms with Crippen molar-refractivity contribution in [2.75, 3.05) is 26.7 Å². The molecule has 24 heavy (non-hydrogen) atoms. The Bertz CT molecular complexity index is 633. The van der Waals surface area contributed by atoms with Gasteiger partial charge >= 0.3 is 0 Å². The van der Waals surface area contributed by atoms with E-state index in [2.05, 4.69) is 62.8 Å². The number of para-hydroxylation sites is 1. The minimum absolute atomic E-state index is 0. The molecule has 3 rings (SSSR count). The first-order valence-electron chi connectivity index (χ1n) is 8.55. The van der Waals surface area contributed by atoms with Gasteiger partial charge in [-0.05, 0) is 43.5 Å². The van der Waals surface area contributed by atoms with Crippen molar-refractivity contribution in [2.45, 2.75) is 32.4 Å². The summed E-state index contributed by atoms with van der Waals surface area (Å²) in [5, 5.41) is 8.10. The Kier molecular flexibility index (Phi) is 7.36. The Morgan fingerprint density at radius 1 is 1.33 bits per heavy atom. The summed E-state index contributed by atoms with van der Waals surface area (Å²) in [4.78, 5) is 10.3. The number of benzene rings is 1. The monoisotopic (exact) mass is 441 g/mol. The summed E-state index contributed by atoms with van der Waals surface area (Å²) in [6.07, 6.45) is 2.58. The van der Waals surface area contributed by atoms with Gasteiger partial charge in [-0.2, -0.15) is 0 Å². The van der Waals surface area contributed by atoms with E-state index in [1.807, 2.05) is 7.05 Å². The molecule has 3 N–H and O–H groups in total. The van der Waals surface area contributed by atoms with Gasteiger partial charge < -0.3 is 15.6 Å². The predicted molar refractivity (Wildman–Crippen MR) is 112 cm³/mol. The number of hydrogen-bond donors (Lipinski definition) is 3. The summed E-state index contributed by atoms with van der Waals surface area (Å²) in [6, 6.07) is 11.2. The Morgan fingerprint density at radius 3 is 2.92 bits per heavy atom. The summed E-state index contributed by atoms with van der Waals surface area (Å²) in [5.74, 6) is 0.867. The van der Waals surface area contributed by atoms with Crippen LogP contribution < -0.4 is 10.6 Å². The Hall–Kier alpha value is -1.28. The van der Waals surface area contributed by atoms with Gasteiger partial charge in [-0.1, -0.05) is 25.1 Å². The van der Waals surface area contributed by atoms with Crippen LogP contribution >= 0.6 is 24.0 Å². The highest BCUT2D eigenvalue weighted by Gasteiger charge is 2.22. The maximum Gasteiger partial charge on any atom is 0.191 e. The molecule has 132 valence electrons. The maximum atomic E-state index is 4.33. The van der Waals surface area contributed by atoms with E-state index in [-0.39, 0.29) is 24.0 Å². The van der Waals surface area contributed by atoms with Crippen LogP contribution in [0.5, 0.6) is 0 Å². The number of halogens is 1. The molecule has 0 aliphatic carbocycles. The van der Waals surface area contributed by atoms with Crippen LogP contribution in [0.15, 0.2) is 35.3 Å². The van der Waals surface area contributed by atoms with Crippen molar-refractivity contribution in [3.8, 4) is 0 Å². The van der Waals surface area contributed by atoms with Crippen LogP contribution in [0.1, 0.15) is 25.5 Å². The average Bonchev–Trinajstić information content (AvgIpc) is 3.20. The summed E-state index contributed by atoms with van der Waals surface area (Å²) < 4.78 is 0. The number of fused-ring (bicyclic) bond motifs is 1. The zero-order valence-electron chi connectivity index (χ0n) is 14.5. The van der Waals surface area contributed by atoms with Crippen molar-refractivity contribution in [2.24, 2.45) is 4.99 Å². The molecule has 0 spiro atoms. The van der Waals surface area contributed by atoms with Crippen LogP contribution in [-0.4, -0.2) is 48.6 Å². The normalized spacial score (nSPS) is 18.6. The summed E-state index contributed by atoms with van der Waals surface area (Å²) in [7, 11) is 1.83. The second kappa shape index (κ2) is 9.27. The molecule has 1 aromatic heterocycles. The van der Waals surface area contributed by atoms with Crippen molar-refractivity contribution in [1.82, 2.24) is 20.5 Å². The topological polar surface area (TPSA) is 55.4 Å². The second-order valence-electron chi connectivity index (χ2n) is 6.11. The third kappa shape index (κ3) is 4.63. The third-order valence-corrected chi connectivity index (χ3v) is 4.67. The lowest BCUT2D eigenvalue weighted by molar-refractivity contribution is 0.267. The first-order valence-corrected chi connectivity index (χ1v) is 8.55. The fourth-order valence-electron chi connectivity index (χ4n) is 3.39. The summed E-state index contributed by atoms with van der Waals surface area (Å²) in [5.41, 5.74) is 2.35. The first-order chi connectivity index (χ1) is 11.3. The van der Waals surface area contributed by atoms with Gasteiger partial charge in [0.25, 0.3) is 0 Å². The number of aromatic nitrogens is 1. The number of nitrogens with one attached hydrogen (secondary N) is 3. The van der Waals surface area contributed by atoms with Crippen LogP contribution in [0.25, 0.3) is 10.9 Å². The van der Waals surface area contributed by atoms with E-state index < -0.39 is 0 Å². The molecule has 1 aromatic carbocycles. The summed E-state index contributed by atoms with van der Waals surface area (Å²) >= 11 is 0. The van der Waals surface area contributed by atoms with Gasteiger partial charge in [-0.25, -0.2) is 0 Å². The Morgan fingerprint density at radius 2 is 2.17 bits per heavy atom. The molecule has 1 fully saturated rings. The number of likely N-dealkylation sites (tertiary alicyclic amines) is 1. The van der Waals surface area contributed by atoms with Gasteiger partial charge in [0.15, 0.2) is 5.96 Å². The zero-order valence-corrected chi connectivity index (χ0v) is 16.8. The van der Waals surface area contributed by atoms with Gasteiger partial charge in [0, 0.05) is 30.8 Å². The molecule has 1 aliphatic rings. The third-order valence-electron chi connectivity index (χ3n) is 4.67. The van der Waals surface area contributed by atoms with Gasteiger partial charge in [-0.15, -0.1) is 24.0 Å². The van der Waals surface area contributed by atoms with Crippen molar-refractivity contribution in [3.63, 3.8) is 0 Å². The molecule has 1 atom stereocenters. The minimum atomic E-state index is 0. The van der Waals surface area contributed by atoms with E-state index in [1.165, 1.54) is 36.0 Å². The van der Waals surface area contributed by atoms with E-state index in [0.29, 0.717) is 6.04 Å². The molecule has 0 radical (unpaired) electrons. The lowest BCUT2D eigenvalue weighted by atomic mass is 10.2. The van der Waals surface area contributed by atoms with Crippen molar-refractivity contribution in [1.29, 1.82) is 0 Å². The van der Waals surface area contributed by atoms with Crippen LogP contribution in [0.3, 0.4) is 0 Å². The number of aromatic amines is 1. The number of nitrogens with zero attached hydrogens (tertiary/aromatic N) is 2. The predicted octanol–water partition coefficient (Wildman–Crippen LogP) is 2.94. The molecule has 0 amide bonds. The Labute approximate surface area is 161 Å². The van der Waals surface area contributed by atoms with E-state index >= 15 is 0 Å². The molecule has 1 aliphatic heterocycles. The van der Waals surface area contributed by atoms with Crippen molar-refractivity contribution >= 4 is 40.8 Å². The molecule has 2 heterocycles. The molecule has 0 saturated carbocycles. The molecular weight excluding hydrogens is 413 g/mol. The van der Waals surface area contributed by atoms with Crippen LogP contribution in [0.2, 0.25) is 0 Å². The van der Waals surface area contributed by atoms with Gasteiger partial charge in [0.05, 0.1) is 6.54 Å². The second-order valence-corrected chi connectivity index (χ2v) is 6.11. The number of hydrogen-bond acceptors (Lipinski definition) is 2. The molecule has 2 aromatic rings. The highest BCUT2D eigenvalue weighted by atomic mass is 127. The molecule has 6 heteroatoms. The largest absolute Gasteiger partial charge is 0.357 e. The molecular formula is C18H28IN5. The SMILES string of the molecule is CCN1CCCC1CNC(=NC)NCc1cc2ccccc2[nH]1.I. The molecule has 1 saturated heterocycles. The molecule has 0 bridgehead atoms. The quantitative estimate of drug-likeness (QED) is 0.380. The highest BCUT2D eigenvalue weighted by molar-refractivity contribution is 14.0. The minimum Gasteiger partial charge on any atom is -0.357 e. The van der Waals surface area contributed by atoms with E-state index in [9.17, 15) is 0 Å². The standard InChI is InChI=1S/C18H27N5.HI/c1-3-23-10-6-8-16(23)13-21-18(19-2)20-12-15-11-14-7-4-5-9-17(14)22-15;/h4-5,7,9,11,16,22H,3,6,8,10,12-13H2,1-2H3,(H2,19,20,21);1H. The number of guanidine groups is 1. The van der Waals surface area contributed by atoms with Gasteiger partial charge in [-0.3, -0.25) is 9.89 Å². The lowest BCUT2D eigenvalue weighted by Gasteiger charge is -2.23. The van der Waals surface area contributed by atoms with Crippen LogP contribution in [0.4, 0.5) is 0 Å². The van der Waals surface area contributed by atoms with E-state index in [4.69, 9.17) is 0 Å². The van der Waals surface area contributed by atoms with Gasteiger partial charge in [0.2, 0.25) is 0 Å². The summed E-state index contributed by atoms with van der Waals surface area (Å²) in [6.45, 7) is 6.30. The fourth-order valence-corrected chi connectivity index (χ4v) is 3.39. The van der Waals surface area contributed by atoms with Crippen LogP contribution in [0, 0.1) is 0 Å². The zero-order chi connectivity index (χ0) is 16.1. The van der Waals surface area contributed by atoms with Gasteiger partial charge in [0.1, 0.15) is 0 Å². The number of likely N-dealkylation sites (N-methyl/N-ethyl adjacent to an activating group) is 1. The van der Waals surface area contributed by atoms with Crippen LogP contribution in [-0.2, 0) is 6.54 Å². The maximum absolute atomic E-state index is 4.33. The Balaban J connectivity index is 0.00000208. The number of H-pyrrole nitrogens is 1. The average molecular weight is 441 g/mol. The fraction of sp³-hybridized carbons (Fsp3) is 0.500. The van der Waals surface area contributed by atoms with E-state index in [0.717, 1.165) is 25.6 Å². The first kappa shape index (κ1) is 19.1. The number of aliphatic imine (C=N–C) groups is 1. The highest BCUT2D eigenvalue weighted by Crippen LogP contribution is 2.16. The van der Waals surface area contributed by atoms with Crippen molar-refractivity contribution in [3.05, 3.63) is 36.0 Å². The molecule has 1 unspecified atom stereocenters.